The van der Waals surface area contributed by atoms with E-state index in [2.05, 4.69) is 22.5 Å². The smallest absolute Gasteiger partial charge is 0.128 e. The molecule has 0 radical (unpaired) electrons. The number of rotatable bonds is 2. The molecule has 0 aliphatic carbocycles. The van der Waals surface area contributed by atoms with Crippen LogP contribution in [0.25, 0.3) is 11.0 Å². The predicted molar refractivity (Wildman–Crippen MR) is 77.8 cm³/mol. The second-order valence-corrected chi connectivity index (χ2v) is 6.19. The topological polar surface area (TPSA) is 50.8 Å². The molecule has 104 valence electrons. The van der Waals surface area contributed by atoms with Gasteiger partial charge in [0.15, 0.2) is 0 Å². The van der Waals surface area contributed by atoms with Crippen molar-refractivity contribution >= 4 is 22.6 Å². The van der Waals surface area contributed by atoms with Gasteiger partial charge in [0, 0.05) is 6.61 Å². The van der Waals surface area contributed by atoms with Gasteiger partial charge in [-0.2, -0.15) is 5.26 Å². The van der Waals surface area contributed by atoms with Crippen molar-refractivity contribution in [1.82, 2.24) is 9.55 Å². The van der Waals surface area contributed by atoms with Crippen molar-refractivity contribution in [2.24, 2.45) is 0 Å². The van der Waals surface area contributed by atoms with Crippen LogP contribution in [0.5, 0.6) is 0 Å². The van der Waals surface area contributed by atoms with Crippen LogP contribution in [-0.2, 0) is 10.3 Å². The zero-order valence-electron chi connectivity index (χ0n) is 11.6. The maximum atomic E-state index is 9.10. The first-order chi connectivity index (χ1) is 9.55. The quantitative estimate of drug-likeness (QED) is 0.797. The van der Waals surface area contributed by atoms with Crippen molar-refractivity contribution in [2.45, 2.75) is 31.2 Å². The Morgan fingerprint density at radius 1 is 1.55 bits per heavy atom. The van der Waals surface area contributed by atoms with E-state index in [1.165, 1.54) is 0 Å². The highest BCUT2D eigenvalue weighted by atomic mass is 35.5. The van der Waals surface area contributed by atoms with Gasteiger partial charge in [-0.25, -0.2) is 4.98 Å². The standard InChI is InChI=1S/C15H16ClN3O/c1-10(16)14-18-12-4-3-11(8-17)7-13(12)19(14)15(2)5-6-20-9-15/h3-4,7,10H,5-6,9H2,1-2H3. The van der Waals surface area contributed by atoms with E-state index in [4.69, 9.17) is 21.6 Å². The van der Waals surface area contributed by atoms with Gasteiger partial charge in [0.2, 0.25) is 0 Å². The summed E-state index contributed by atoms with van der Waals surface area (Å²) in [5.41, 5.74) is 2.32. The fourth-order valence-corrected chi connectivity index (χ4v) is 2.98. The van der Waals surface area contributed by atoms with Crippen LogP contribution in [0.15, 0.2) is 18.2 Å². The molecule has 3 rings (SSSR count). The van der Waals surface area contributed by atoms with Gasteiger partial charge >= 0.3 is 0 Å². The molecule has 0 saturated carbocycles. The van der Waals surface area contributed by atoms with Gasteiger partial charge in [-0.15, -0.1) is 11.6 Å². The first-order valence-electron chi connectivity index (χ1n) is 6.70. The number of hydrogen-bond acceptors (Lipinski definition) is 3. The van der Waals surface area contributed by atoms with E-state index in [1.54, 1.807) is 6.07 Å². The molecule has 1 saturated heterocycles. The predicted octanol–water partition coefficient (Wildman–Crippen LogP) is 3.34. The zero-order valence-corrected chi connectivity index (χ0v) is 12.3. The first kappa shape index (κ1) is 13.4. The number of hydrogen-bond donors (Lipinski definition) is 0. The summed E-state index contributed by atoms with van der Waals surface area (Å²) in [6.45, 7) is 5.46. The lowest BCUT2D eigenvalue weighted by Gasteiger charge is -2.28. The molecule has 1 aliphatic heterocycles. The maximum absolute atomic E-state index is 9.10. The van der Waals surface area contributed by atoms with E-state index in [0.717, 1.165) is 29.9 Å². The highest BCUT2D eigenvalue weighted by Gasteiger charge is 2.35. The number of aromatic nitrogens is 2. The third kappa shape index (κ3) is 1.98. The van der Waals surface area contributed by atoms with Gasteiger partial charge in [-0.3, -0.25) is 0 Å². The molecule has 0 N–H and O–H groups in total. The number of alkyl halides is 1. The maximum Gasteiger partial charge on any atom is 0.128 e. The van der Waals surface area contributed by atoms with Crippen LogP contribution >= 0.6 is 11.6 Å². The second kappa shape index (κ2) is 4.76. The Labute approximate surface area is 122 Å². The summed E-state index contributed by atoms with van der Waals surface area (Å²) in [5, 5.41) is 8.91. The van der Waals surface area contributed by atoms with E-state index in [9.17, 15) is 0 Å². The zero-order chi connectivity index (χ0) is 14.3. The number of nitriles is 1. The molecule has 0 spiro atoms. The molecule has 5 heteroatoms. The summed E-state index contributed by atoms with van der Waals surface area (Å²) in [7, 11) is 0. The Hall–Kier alpha value is -1.57. The summed E-state index contributed by atoms with van der Waals surface area (Å²) in [4.78, 5) is 4.64. The fourth-order valence-electron chi connectivity index (χ4n) is 2.83. The molecule has 2 heterocycles. The van der Waals surface area contributed by atoms with Crippen molar-refractivity contribution in [1.29, 1.82) is 5.26 Å². The third-order valence-corrected chi connectivity index (χ3v) is 4.10. The molecular weight excluding hydrogens is 274 g/mol. The molecule has 1 aliphatic rings. The highest BCUT2D eigenvalue weighted by Crippen LogP contribution is 2.35. The minimum Gasteiger partial charge on any atom is -0.379 e. The molecule has 1 aromatic carbocycles. The number of nitrogens with zero attached hydrogens (tertiary/aromatic N) is 3. The van der Waals surface area contributed by atoms with Gasteiger partial charge in [0.05, 0.1) is 40.2 Å². The van der Waals surface area contributed by atoms with Crippen LogP contribution in [0.4, 0.5) is 0 Å². The Balaban J connectivity index is 2.30. The SMILES string of the molecule is CC(Cl)c1nc2ccc(C#N)cc2n1C1(C)CCOC1. The molecule has 1 fully saturated rings. The Morgan fingerprint density at radius 3 is 2.95 bits per heavy atom. The number of benzene rings is 1. The number of fused-ring (bicyclic) bond motifs is 1. The third-order valence-electron chi connectivity index (χ3n) is 3.90. The van der Waals surface area contributed by atoms with Crippen LogP contribution in [0.1, 0.15) is 37.0 Å². The molecule has 2 unspecified atom stereocenters. The minimum atomic E-state index is -0.189. The molecule has 0 bridgehead atoms. The van der Waals surface area contributed by atoms with Crippen molar-refractivity contribution < 1.29 is 4.74 Å². The Bertz CT molecular complexity index is 693. The van der Waals surface area contributed by atoms with Crippen LogP contribution in [-0.4, -0.2) is 22.8 Å². The lowest BCUT2D eigenvalue weighted by Crippen LogP contribution is -2.32. The van der Waals surface area contributed by atoms with Crippen LogP contribution in [0, 0.1) is 11.3 Å². The second-order valence-electron chi connectivity index (χ2n) is 5.54. The summed E-state index contributed by atoms with van der Waals surface area (Å²) in [6.07, 6.45) is 0.922. The molecule has 2 aromatic rings. The number of ether oxygens (including phenoxy) is 1. The van der Waals surface area contributed by atoms with Gasteiger partial charge < -0.3 is 9.30 Å². The Kier molecular flexibility index (Phi) is 3.19. The Morgan fingerprint density at radius 2 is 2.35 bits per heavy atom. The van der Waals surface area contributed by atoms with Gasteiger partial charge in [-0.05, 0) is 38.5 Å². The van der Waals surface area contributed by atoms with E-state index >= 15 is 0 Å². The fraction of sp³-hybridized carbons (Fsp3) is 0.467. The monoisotopic (exact) mass is 289 g/mol. The highest BCUT2D eigenvalue weighted by molar-refractivity contribution is 6.20. The average Bonchev–Trinajstić information content (AvgIpc) is 3.02. The molecule has 20 heavy (non-hydrogen) atoms. The molecular formula is C15H16ClN3O. The van der Waals surface area contributed by atoms with E-state index < -0.39 is 0 Å². The molecule has 4 nitrogen and oxygen atoms in total. The largest absolute Gasteiger partial charge is 0.379 e. The summed E-state index contributed by atoms with van der Waals surface area (Å²) in [5.74, 6) is 0.838. The van der Waals surface area contributed by atoms with Gasteiger partial charge in [-0.1, -0.05) is 0 Å². The average molecular weight is 290 g/mol. The summed E-state index contributed by atoms with van der Waals surface area (Å²) < 4.78 is 7.73. The van der Waals surface area contributed by atoms with Crippen LogP contribution < -0.4 is 0 Å². The molecule has 2 atom stereocenters. The summed E-state index contributed by atoms with van der Waals surface area (Å²) >= 11 is 6.30. The van der Waals surface area contributed by atoms with E-state index in [0.29, 0.717) is 12.2 Å². The van der Waals surface area contributed by atoms with E-state index in [-0.39, 0.29) is 10.9 Å². The lowest BCUT2D eigenvalue weighted by atomic mass is 10.0. The van der Waals surface area contributed by atoms with Crippen molar-refractivity contribution in [3.05, 3.63) is 29.6 Å². The van der Waals surface area contributed by atoms with E-state index in [1.807, 2.05) is 19.1 Å². The molecule has 1 aromatic heterocycles. The molecule has 0 amide bonds. The minimum absolute atomic E-state index is 0.151. The lowest BCUT2D eigenvalue weighted by molar-refractivity contribution is 0.162. The number of imidazole rings is 1. The van der Waals surface area contributed by atoms with Crippen molar-refractivity contribution in [2.75, 3.05) is 13.2 Å². The van der Waals surface area contributed by atoms with Gasteiger partial charge in [0.1, 0.15) is 5.82 Å². The normalized spacial score (nSPS) is 23.9. The van der Waals surface area contributed by atoms with Crippen molar-refractivity contribution in [3.8, 4) is 6.07 Å². The first-order valence-corrected chi connectivity index (χ1v) is 7.13. The number of halogens is 1. The van der Waals surface area contributed by atoms with Gasteiger partial charge in [0.25, 0.3) is 0 Å². The van der Waals surface area contributed by atoms with Crippen LogP contribution in [0.2, 0.25) is 0 Å². The van der Waals surface area contributed by atoms with Crippen molar-refractivity contribution in [3.63, 3.8) is 0 Å². The van der Waals surface area contributed by atoms with Crippen LogP contribution in [0.3, 0.4) is 0 Å². The summed E-state index contributed by atoms with van der Waals surface area (Å²) in [6, 6.07) is 7.73.